The van der Waals surface area contributed by atoms with Crippen LogP contribution in [0, 0.1) is 0 Å². The zero-order valence-electron chi connectivity index (χ0n) is 14.6. The van der Waals surface area contributed by atoms with Gasteiger partial charge in [0.2, 0.25) is 0 Å². The Kier molecular flexibility index (Phi) is 5.16. The smallest absolute Gasteiger partial charge is 0.339 e. The predicted molar refractivity (Wildman–Crippen MR) is 95.6 cm³/mol. The van der Waals surface area contributed by atoms with Crippen molar-refractivity contribution in [2.24, 2.45) is 5.73 Å². The van der Waals surface area contributed by atoms with Crippen LogP contribution in [0.15, 0.2) is 24.3 Å². The number of carbonyl (C=O) groups is 3. The molecule has 1 unspecified atom stereocenters. The number of aromatic nitrogens is 1. The summed E-state index contributed by atoms with van der Waals surface area (Å²) in [7, 11) is 0. The second kappa shape index (κ2) is 7.51. The number of hydrogen-bond donors (Lipinski definition) is 2. The Labute approximate surface area is 150 Å². The van der Waals surface area contributed by atoms with Crippen LogP contribution in [0.4, 0.5) is 4.79 Å². The van der Waals surface area contributed by atoms with Gasteiger partial charge in [-0.3, -0.25) is 15.1 Å². The summed E-state index contributed by atoms with van der Waals surface area (Å²) in [6, 6.07) is 6.42. The molecule has 7 heteroatoms. The average molecular weight is 355 g/mol. The second-order valence-corrected chi connectivity index (χ2v) is 6.39. The van der Waals surface area contributed by atoms with Gasteiger partial charge in [0, 0.05) is 11.1 Å². The van der Waals surface area contributed by atoms with Crippen LogP contribution in [0.2, 0.25) is 0 Å². The first kappa shape index (κ1) is 17.8. The van der Waals surface area contributed by atoms with Crippen molar-refractivity contribution in [2.75, 3.05) is 0 Å². The maximum Gasteiger partial charge on any atom is 0.339 e. The number of nitrogens with two attached hydrogens (primary N) is 1. The lowest BCUT2D eigenvalue weighted by atomic mass is 9.97. The lowest BCUT2D eigenvalue weighted by Crippen LogP contribution is -2.42. The third-order valence-corrected chi connectivity index (χ3v) is 4.52. The van der Waals surface area contributed by atoms with E-state index >= 15 is 0 Å². The van der Waals surface area contributed by atoms with Gasteiger partial charge in [-0.1, -0.05) is 24.6 Å². The molecule has 1 aliphatic rings. The molecule has 3 amide bonds. The van der Waals surface area contributed by atoms with Gasteiger partial charge in [0.1, 0.15) is 0 Å². The third-order valence-electron chi connectivity index (χ3n) is 4.52. The van der Waals surface area contributed by atoms with Crippen LogP contribution < -0.4 is 11.1 Å². The number of aryl methyl sites for hydroxylation is 1. The summed E-state index contributed by atoms with van der Waals surface area (Å²) in [5.41, 5.74) is 7.95. The highest BCUT2D eigenvalue weighted by atomic mass is 16.5. The number of ether oxygens (including phenoxy) is 1. The number of urea groups is 1. The van der Waals surface area contributed by atoms with E-state index < -0.39 is 24.0 Å². The van der Waals surface area contributed by atoms with Crippen molar-refractivity contribution < 1.29 is 19.1 Å². The van der Waals surface area contributed by atoms with Gasteiger partial charge < -0.3 is 10.5 Å². The molecule has 1 aromatic heterocycles. The molecular weight excluding hydrogens is 334 g/mol. The fraction of sp³-hybridized carbons (Fsp3) is 0.368. The summed E-state index contributed by atoms with van der Waals surface area (Å²) >= 11 is 0. The molecule has 0 aliphatic heterocycles. The Morgan fingerprint density at radius 3 is 2.65 bits per heavy atom. The highest BCUT2D eigenvalue weighted by molar-refractivity contribution is 6.06. The molecule has 1 heterocycles. The van der Waals surface area contributed by atoms with Crippen LogP contribution >= 0.6 is 0 Å². The van der Waals surface area contributed by atoms with Crippen molar-refractivity contribution in [1.29, 1.82) is 0 Å². The molecule has 26 heavy (non-hydrogen) atoms. The van der Waals surface area contributed by atoms with Crippen molar-refractivity contribution in [3.63, 3.8) is 0 Å². The molecule has 0 saturated heterocycles. The average Bonchev–Trinajstić information content (AvgIpc) is 2.83. The Balaban J connectivity index is 2.00. The van der Waals surface area contributed by atoms with Gasteiger partial charge in [-0.25, -0.2) is 9.59 Å². The molecule has 3 N–H and O–H groups in total. The molecule has 1 aliphatic carbocycles. The van der Waals surface area contributed by atoms with Gasteiger partial charge >= 0.3 is 12.0 Å². The van der Waals surface area contributed by atoms with Gasteiger partial charge in [0.25, 0.3) is 5.91 Å². The van der Waals surface area contributed by atoms with Crippen LogP contribution in [0.1, 0.15) is 47.8 Å². The van der Waals surface area contributed by atoms with Crippen LogP contribution in [-0.2, 0) is 22.4 Å². The normalized spacial score (nSPS) is 14.8. The first-order chi connectivity index (χ1) is 12.5. The zero-order chi connectivity index (χ0) is 18.7. The minimum Gasteiger partial charge on any atom is -0.449 e. The number of nitrogens with zero attached hydrogens (tertiary/aromatic N) is 1. The second-order valence-electron chi connectivity index (χ2n) is 6.39. The Bertz CT molecular complexity index is 878. The molecule has 0 spiro atoms. The van der Waals surface area contributed by atoms with Crippen molar-refractivity contribution in [3.05, 3.63) is 41.1 Å². The predicted octanol–water partition coefficient (Wildman–Crippen LogP) is 2.24. The SMILES string of the molecule is CC(OC(=O)c1c2c(nc3ccccc13)CCCCC2)C(=O)NC(N)=O. The van der Waals surface area contributed by atoms with E-state index in [-0.39, 0.29) is 0 Å². The number of primary amides is 1. The molecule has 136 valence electrons. The molecule has 0 radical (unpaired) electrons. The first-order valence-electron chi connectivity index (χ1n) is 8.69. The largest absolute Gasteiger partial charge is 0.449 e. The summed E-state index contributed by atoms with van der Waals surface area (Å²) in [6.45, 7) is 1.40. The standard InChI is InChI=1S/C19H21N3O4/c1-11(17(23)22-19(20)25)26-18(24)16-12-7-3-2-4-9-14(12)21-15-10-6-5-8-13(15)16/h5-6,8,10-11H,2-4,7,9H2,1H3,(H3,20,22,23,25). The van der Waals surface area contributed by atoms with E-state index in [4.69, 9.17) is 15.5 Å². The molecule has 3 rings (SSSR count). The van der Waals surface area contributed by atoms with Gasteiger partial charge in [0.05, 0.1) is 11.1 Å². The van der Waals surface area contributed by atoms with Crippen molar-refractivity contribution >= 4 is 28.8 Å². The number of fused-ring (bicyclic) bond motifs is 2. The van der Waals surface area contributed by atoms with Crippen molar-refractivity contribution in [1.82, 2.24) is 10.3 Å². The summed E-state index contributed by atoms with van der Waals surface area (Å²) in [5.74, 6) is -1.34. The minimum atomic E-state index is -1.14. The maximum absolute atomic E-state index is 12.9. The lowest BCUT2D eigenvalue weighted by molar-refractivity contribution is -0.127. The van der Waals surface area contributed by atoms with E-state index in [0.29, 0.717) is 10.9 Å². The molecular formula is C19H21N3O4. The number of imide groups is 1. The van der Waals surface area contributed by atoms with Crippen LogP contribution in [0.3, 0.4) is 0 Å². The molecule has 0 saturated carbocycles. The fourth-order valence-corrected chi connectivity index (χ4v) is 3.28. The van der Waals surface area contributed by atoms with Gasteiger partial charge in [0.15, 0.2) is 6.10 Å². The molecule has 7 nitrogen and oxygen atoms in total. The highest BCUT2D eigenvalue weighted by Crippen LogP contribution is 2.29. The van der Waals surface area contributed by atoms with E-state index in [1.807, 2.05) is 29.6 Å². The van der Waals surface area contributed by atoms with E-state index in [0.717, 1.165) is 48.9 Å². The number of amides is 3. The fourth-order valence-electron chi connectivity index (χ4n) is 3.28. The highest BCUT2D eigenvalue weighted by Gasteiger charge is 2.26. The number of carbonyl (C=O) groups excluding carboxylic acids is 3. The number of para-hydroxylation sites is 1. The summed E-state index contributed by atoms with van der Waals surface area (Å²) in [6.07, 6.45) is 3.52. The van der Waals surface area contributed by atoms with E-state index in [1.165, 1.54) is 6.92 Å². The summed E-state index contributed by atoms with van der Waals surface area (Å²) in [5, 5.41) is 2.63. The number of hydrogen-bond acceptors (Lipinski definition) is 5. The number of esters is 1. The third kappa shape index (κ3) is 3.66. The van der Waals surface area contributed by atoms with Gasteiger partial charge in [-0.2, -0.15) is 0 Å². The quantitative estimate of drug-likeness (QED) is 0.648. The van der Waals surface area contributed by atoms with Crippen LogP contribution in [0.5, 0.6) is 0 Å². The summed E-state index contributed by atoms with van der Waals surface area (Å²) in [4.78, 5) is 40.3. The number of pyridine rings is 1. The first-order valence-corrected chi connectivity index (χ1v) is 8.69. The lowest BCUT2D eigenvalue weighted by Gasteiger charge is -2.17. The molecule has 0 fully saturated rings. The Hall–Kier alpha value is -2.96. The van der Waals surface area contributed by atoms with E-state index in [9.17, 15) is 14.4 Å². The topological polar surface area (TPSA) is 111 Å². The van der Waals surface area contributed by atoms with E-state index in [2.05, 4.69) is 0 Å². The Morgan fingerprint density at radius 1 is 1.15 bits per heavy atom. The molecule has 1 aromatic carbocycles. The van der Waals surface area contributed by atoms with E-state index in [1.54, 1.807) is 0 Å². The van der Waals surface area contributed by atoms with Gasteiger partial charge in [-0.15, -0.1) is 0 Å². The number of rotatable bonds is 3. The minimum absolute atomic E-state index is 0.464. The summed E-state index contributed by atoms with van der Waals surface area (Å²) < 4.78 is 5.33. The Morgan fingerprint density at radius 2 is 1.88 bits per heavy atom. The monoisotopic (exact) mass is 355 g/mol. The molecule has 0 bridgehead atoms. The number of benzene rings is 1. The number of nitrogens with one attached hydrogen (secondary N) is 1. The molecule has 1 atom stereocenters. The zero-order valence-corrected chi connectivity index (χ0v) is 14.6. The molecule has 2 aromatic rings. The van der Waals surface area contributed by atoms with Crippen molar-refractivity contribution in [2.45, 2.75) is 45.1 Å². The maximum atomic E-state index is 12.9. The van der Waals surface area contributed by atoms with Crippen LogP contribution in [0.25, 0.3) is 10.9 Å². The van der Waals surface area contributed by atoms with Crippen molar-refractivity contribution in [3.8, 4) is 0 Å². The van der Waals surface area contributed by atoms with Crippen LogP contribution in [-0.4, -0.2) is 29.0 Å². The van der Waals surface area contributed by atoms with Gasteiger partial charge in [-0.05, 0) is 44.2 Å².